The summed E-state index contributed by atoms with van der Waals surface area (Å²) in [7, 11) is 0. The summed E-state index contributed by atoms with van der Waals surface area (Å²) in [5.74, 6) is 0. The Morgan fingerprint density at radius 2 is 1.45 bits per heavy atom. The maximum atomic E-state index is 11.3. The lowest BCUT2D eigenvalue weighted by Crippen LogP contribution is -2.34. The third kappa shape index (κ3) is 17.2. The molecule has 1 amide bonds. The fraction of sp³-hybridized carbons (Fsp3) is 0.933. The van der Waals surface area contributed by atoms with E-state index in [9.17, 15) is 4.79 Å². The first kappa shape index (κ1) is 21.1. The average molecular weight is 320 g/mol. The predicted octanol–water partition coefficient (Wildman–Crippen LogP) is 1.30. The molecule has 0 bridgehead atoms. The fourth-order valence-electron chi connectivity index (χ4n) is 1.43. The number of alkyl carbamates (subject to hydrolysis) is 1. The van der Waals surface area contributed by atoms with Crippen LogP contribution in [0.1, 0.15) is 33.6 Å². The first-order valence-corrected chi connectivity index (χ1v) is 7.86. The van der Waals surface area contributed by atoms with Crippen molar-refractivity contribution in [2.75, 3.05) is 52.7 Å². The monoisotopic (exact) mass is 320 g/mol. The highest BCUT2D eigenvalue weighted by Gasteiger charge is 2.15. The molecule has 0 radical (unpaired) electrons. The largest absolute Gasteiger partial charge is 0.444 e. The van der Waals surface area contributed by atoms with E-state index in [1.165, 1.54) is 0 Å². The Balaban J connectivity index is 3.16. The van der Waals surface area contributed by atoms with E-state index in [4.69, 9.17) is 24.7 Å². The third-order valence-corrected chi connectivity index (χ3v) is 2.40. The number of nitrogens with one attached hydrogen (secondary N) is 1. The zero-order chi connectivity index (χ0) is 16.7. The van der Waals surface area contributed by atoms with Crippen LogP contribution in [0.2, 0.25) is 0 Å². The van der Waals surface area contributed by atoms with Gasteiger partial charge in [-0.3, -0.25) is 0 Å². The number of carbonyl (C=O) groups is 1. The highest BCUT2D eigenvalue weighted by Crippen LogP contribution is 2.05. The van der Waals surface area contributed by atoms with E-state index in [1.807, 2.05) is 20.8 Å². The Bertz CT molecular complexity index is 269. The van der Waals surface area contributed by atoms with Gasteiger partial charge in [-0.15, -0.1) is 0 Å². The summed E-state index contributed by atoms with van der Waals surface area (Å²) in [5.41, 5.74) is 4.90. The van der Waals surface area contributed by atoms with Crippen LogP contribution in [0.25, 0.3) is 0 Å². The fourth-order valence-corrected chi connectivity index (χ4v) is 1.43. The molecule has 0 aliphatic carbocycles. The van der Waals surface area contributed by atoms with Crippen molar-refractivity contribution in [3.05, 3.63) is 0 Å². The molecule has 7 heteroatoms. The van der Waals surface area contributed by atoms with Crippen LogP contribution in [0.3, 0.4) is 0 Å². The lowest BCUT2D eigenvalue weighted by molar-refractivity contribution is 0.0135. The van der Waals surface area contributed by atoms with E-state index in [0.717, 1.165) is 19.4 Å². The number of hydrogen-bond donors (Lipinski definition) is 2. The van der Waals surface area contributed by atoms with E-state index in [0.29, 0.717) is 46.1 Å². The topological polar surface area (TPSA) is 92.0 Å². The van der Waals surface area contributed by atoms with Crippen LogP contribution in [0.15, 0.2) is 0 Å². The number of nitrogens with two attached hydrogens (primary N) is 1. The molecule has 0 aliphatic rings. The van der Waals surface area contributed by atoms with Gasteiger partial charge in [0.15, 0.2) is 0 Å². The summed E-state index contributed by atoms with van der Waals surface area (Å²) in [4.78, 5) is 11.3. The number of ether oxygens (including phenoxy) is 4. The third-order valence-electron chi connectivity index (χ3n) is 2.40. The number of amides is 1. The minimum Gasteiger partial charge on any atom is -0.444 e. The Morgan fingerprint density at radius 3 is 2.00 bits per heavy atom. The first-order chi connectivity index (χ1) is 10.5. The van der Waals surface area contributed by atoms with Crippen molar-refractivity contribution in [1.82, 2.24) is 5.32 Å². The molecule has 0 saturated heterocycles. The molecule has 22 heavy (non-hydrogen) atoms. The molecule has 0 spiro atoms. The molecule has 0 aromatic rings. The Kier molecular flexibility index (Phi) is 13.2. The van der Waals surface area contributed by atoms with Gasteiger partial charge in [-0.1, -0.05) is 0 Å². The molecule has 0 saturated carbocycles. The van der Waals surface area contributed by atoms with Gasteiger partial charge < -0.3 is 30.0 Å². The number of unbranched alkanes of at least 4 members (excludes halogenated alkanes) is 1. The van der Waals surface area contributed by atoms with Crippen molar-refractivity contribution in [3.8, 4) is 0 Å². The minimum atomic E-state index is -0.481. The SMILES string of the molecule is CC(C)(C)OC(=O)NCCOCCOCCOCCCCN. The second-order valence-electron chi connectivity index (χ2n) is 5.76. The Morgan fingerprint density at radius 1 is 0.909 bits per heavy atom. The van der Waals surface area contributed by atoms with Gasteiger partial charge in [0.1, 0.15) is 5.60 Å². The molecule has 0 aliphatic heterocycles. The van der Waals surface area contributed by atoms with Crippen molar-refractivity contribution >= 4 is 6.09 Å². The molecule has 0 aromatic carbocycles. The molecule has 0 fully saturated rings. The zero-order valence-corrected chi connectivity index (χ0v) is 14.2. The Hall–Kier alpha value is -0.890. The van der Waals surface area contributed by atoms with E-state index in [2.05, 4.69) is 5.32 Å². The standard InChI is InChI=1S/C15H32N2O5/c1-15(2,3)22-14(18)17-7-9-20-11-13-21-12-10-19-8-5-4-6-16/h4-13,16H2,1-3H3,(H,17,18). The van der Waals surface area contributed by atoms with Crippen molar-refractivity contribution in [3.63, 3.8) is 0 Å². The Labute approximate surface area is 133 Å². The van der Waals surface area contributed by atoms with Gasteiger partial charge in [0.25, 0.3) is 0 Å². The van der Waals surface area contributed by atoms with Gasteiger partial charge >= 0.3 is 6.09 Å². The number of carbonyl (C=O) groups excluding carboxylic acids is 1. The second-order valence-corrected chi connectivity index (χ2v) is 5.76. The lowest BCUT2D eigenvalue weighted by atomic mass is 10.2. The highest BCUT2D eigenvalue weighted by molar-refractivity contribution is 5.67. The molecule has 0 unspecified atom stereocenters. The van der Waals surface area contributed by atoms with Gasteiger partial charge in [0.05, 0.1) is 33.0 Å². The number of rotatable bonds is 13. The van der Waals surface area contributed by atoms with E-state index in [-0.39, 0.29) is 0 Å². The summed E-state index contributed by atoms with van der Waals surface area (Å²) in [5, 5.41) is 2.62. The summed E-state index contributed by atoms with van der Waals surface area (Å²) in [6, 6.07) is 0. The maximum absolute atomic E-state index is 11.3. The first-order valence-electron chi connectivity index (χ1n) is 7.86. The van der Waals surface area contributed by atoms with Crippen LogP contribution >= 0.6 is 0 Å². The zero-order valence-electron chi connectivity index (χ0n) is 14.2. The number of hydrogen-bond acceptors (Lipinski definition) is 6. The molecule has 0 atom stereocenters. The second kappa shape index (κ2) is 13.8. The average Bonchev–Trinajstić information content (AvgIpc) is 2.42. The van der Waals surface area contributed by atoms with Gasteiger partial charge in [-0.2, -0.15) is 0 Å². The van der Waals surface area contributed by atoms with Gasteiger partial charge in [-0.05, 0) is 40.2 Å². The van der Waals surface area contributed by atoms with Crippen LogP contribution in [-0.2, 0) is 18.9 Å². The van der Waals surface area contributed by atoms with Crippen LogP contribution in [0, 0.1) is 0 Å². The van der Waals surface area contributed by atoms with Crippen molar-refractivity contribution in [2.24, 2.45) is 5.73 Å². The minimum absolute atomic E-state index is 0.416. The van der Waals surface area contributed by atoms with E-state index >= 15 is 0 Å². The quantitative estimate of drug-likeness (QED) is 0.497. The van der Waals surface area contributed by atoms with Gasteiger partial charge in [0, 0.05) is 13.2 Å². The summed E-state index contributed by atoms with van der Waals surface area (Å²) >= 11 is 0. The van der Waals surface area contributed by atoms with Crippen LogP contribution in [0.5, 0.6) is 0 Å². The van der Waals surface area contributed by atoms with E-state index < -0.39 is 11.7 Å². The maximum Gasteiger partial charge on any atom is 0.407 e. The molecule has 3 N–H and O–H groups in total. The van der Waals surface area contributed by atoms with Crippen LogP contribution in [0.4, 0.5) is 4.79 Å². The predicted molar refractivity (Wildman–Crippen MR) is 85.0 cm³/mol. The van der Waals surface area contributed by atoms with Crippen molar-refractivity contribution in [2.45, 2.75) is 39.2 Å². The summed E-state index contributed by atoms with van der Waals surface area (Å²) < 4.78 is 21.1. The van der Waals surface area contributed by atoms with Crippen molar-refractivity contribution in [1.29, 1.82) is 0 Å². The van der Waals surface area contributed by atoms with Crippen LogP contribution in [-0.4, -0.2) is 64.4 Å². The van der Waals surface area contributed by atoms with Crippen molar-refractivity contribution < 1.29 is 23.7 Å². The molecule has 7 nitrogen and oxygen atoms in total. The molecule has 0 heterocycles. The molecule has 132 valence electrons. The summed E-state index contributed by atoms with van der Waals surface area (Å²) in [6.07, 6.45) is 1.55. The van der Waals surface area contributed by atoms with Crippen LogP contribution < -0.4 is 11.1 Å². The lowest BCUT2D eigenvalue weighted by Gasteiger charge is -2.19. The summed E-state index contributed by atoms with van der Waals surface area (Å²) in [6.45, 7) is 9.90. The molecule has 0 aromatic heterocycles. The molecular weight excluding hydrogens is 288 g/mol. The molecular formula is C15H32N2O5. The molecule has 0 rings (SSSR count). The van der Waals surface area contributed by atoms with E-state index in [1.54, 1.807) is 0 Å². The normalized spacial score (nSPS) is 11.5. The van der Waals surface area contributed by atoms with Gasteiger partial charge in [0.2, 0.25) is 0 Å². The van der Waals surface area contributed by atoms with Gasteiger partial charge in [-0.25, -0.2) is 4.79 Å². The highest BCUT2D eigenvalue weighted by atomic mass is 16.6. The smallest absolute Gasteiger partial charge is 0.407 e.